The highest BCUT2D eigenvalue weighted by Gasteiger charge is 2.22. The van der Waals surface area contributed by atoms with Gasteiger partial charge in [0.05, 0.1) is 5.92 Å². The van der Waals surface area contributed by atoms with Crippen LogP contribution in [-0.4, -0.2) is 36.0 Å². The Hall–Kier alpha value is -2.89. The molecule has 0 saturated heterocycles. The third-order valence-electron chi connectivity index (χ3n) is 4.56. The van der Waals surface area contributed by atoms with Gasteiger partial charge < -0.3 is 15.7 Å². The highest BCUT2D eigenvalue weighted by atomic mass is 16.4. The molecule has 0 aliphatic carbocycles. The summed E-state index contributed by atoms with van der Waals surface area (Å²) in [5.41, 5.74) is 0.431. The number of carbonyl (C=O) groups is 3. The molecule has 2 aromatic rings. The Morgan fingerprint density at radius 2 is 1.68 bits per heavy atom. The first-order valence-electron chi connectivity index (χ1n) is 9.43. The van der Waals surface area contributed by atoms with Crippen molar-refractivity contribution in [2.75, 3.05) is 13.1 Å². The number of aliphatic carboxylic acids is 1. The van der Waals surface area contributed by atoms with Crippen molar-refractivity contribution in [1.82, 2.24) is 10.6 Å². The van der Waals surface area contributed by atoms with Gasteiger partial charge >= 0.3 is 5.97 Å². The number of fused-ring (bicyclic) bond motifs is 1. The second-order valence-electron chi connectivity index (χ2n) is 7.94. The van der Waals surface area contributed by atoms with E-state index in [9.17, 15) is 19.5 Å². The molecule has 0 bridgehead atoms. The van der Waals surface area contributed by atoms with Crippen LogP contribution in [0.5, 0.6) is 0 Å². The van der Waals surface area contributed by atoms with Gasteiger partial charge in [-0.2, -0.15) is 0 Å². The number of carbonyl (C=O) groups excluding carboxylic acids is 2. The summed E-state index contributed by atoms with van der Waals surface area (Å²) >= 11 is 0. The van der Waals surface area contributed by atoms with Crippen LogP contribution in [0.2, 0.25) is 0 Å². The molecular weight excluding hydrogens is 356 g/mol. The quantitative estimate of drug-likeness (QED) is 0.652. The molecule has 0 radical (unpaired) electrons. The lowest BCUT2D eigenvalue weighted by Gasteiger charge is -2.18. The van der Waals surface area contributed by atoms with Crippen molar-refractivity contribution in [3.63, 3.8) is 0 Å². The van der Waals surface area contributed by atoms with Gasteiger partial charge in [-0.15, -0.1) is 0 Å². The summed E-state index contributed by atoms with van der Waals surface area (Å²) in [7, 11) is 0. The Labute approximate surface area is 165 Å². The highest BCUT2D eigenvalue weighted by molar-refractivity contribution is 5.86. The Kier molecular flexibility index (Phi) is 7.15. The molecule has 3 N–H and O–H groups in total. The number of carboxylic acid groups (broad SMARTS) is 1. The fraction of sp³-hybridized carbons (Fsp3) is 0.409. The molecule has 0 aromatic heterocycles. The van der Waals surface area contributed by atoms with Crippen LogP contribution >= 0.6 is 0 Å². The molecule has 2 amide bonds. The average molecular weight is 384 g/mol. The Morgan fingerprint density at radius 1 is 1.00 bits per heavy atom. The van der Waals surface area contributed by atoms with Gasteiger partial charge in [0.15, 0.2) is 0 Å². The summed E-state index contributed by atoms with van der Waals surface area (Å²) in [6.07, 6.45) is 0.445. The molecule has 0 heterocycles. The lowest BCUT2D eigenvalue weighted by Crippen LogP contribution is -2.39. The topological polar surface area (TPSA) is 95.5 Å². The van der Waals surface area contributed by atoms with Crippen molar-refractivity contribution < 1.29 is 19.5 Å². The number of nitrogens with one attached hydrogen (secondary N) is 2. The maximum atomic E-state index is 12.0. The van der Waals surface area contributed by atoms with Gasteiger partial charge in [-0.1, -0.05) is 63.2 Å². The lowest BCUT2D eigenvalue weighted by atomic mass is 9.94. The largest absolute Gasteiger partial charge is 0.481 e. The molecule has 0 aliphatic rings. The van der Waals surface area contributed by atoms with Gasteiger partial charge in [0, 0.05) is 24.9 Å². The Bertz CT molecular complexity index is 850. The molecule has 6 heteroatoms. The maximum Gasteiger partial charge on any atom is 0.308 e. The van der Waals surface area contributed by atoms with Crippen LogP contribution in [0.1, 0.15) is 32.8 Å². The predicted molar refractivity (Wildman–Crippen MR) is 109 cm³/mol. The molecular formula is C22H28N2O4. The fourth-order valence-corrected chi connectivity index (χ4v) is 2.86. The van der Waals surface area contributed by atoms with Crippen molar-refractivity contribution in [2.24, 2.45) is 11.3 Å². The Balaban J connectivity index is 1.90. The van der Waals surface area contributed by atoms with Crippen LogP contribution in [0.15, 0.2) is 42.5 Å². The van der Waals surface area contributed by atoms with Crippen molar-refractivity contribution in [3.05, 3.63) is 48.0 Å². The minimum Gasteiger partial charge on any atom is -0.481 e. The number of amides is 2. The van der Waals surface area contributed by atoms with Crippen LogP contribution < -0.4 is 10.6 Å². The van der Waals surface area contributed by atoms with Crippen LogP contribution in [0.25, 0.3) is 10.8 Å². The van der Waals surface area contributed by atoms with E-state index >= 15 is 0 Å². The smallest absolute Gasteiger partial charge is 0.308 e. The number of carboxylic acids is 1. The first-order chi connectivity index (χ1) is 13.2. The van der Waals surface area contributed by atoms with Crippen LogP contribution in [0.3, 0.4) is 0 Å². The van der Waals surface area contributed by atoms with E-state index in [4.69, 9.17) is 0 Å². The molecule has 2 aromatic carbocycles. The monoisotopic (exact) mass is 384 g/mol. The Morgan fingerprint density at radius 3 is 2.36 bits per heavy atom. The summed E-state index contributed by atoms with van der Waals surface area (Å²) in [6, 6.07) is 13.6. The fourth-order valence-electron chi connectivity index (χ4n) is 2.86. The molecule has 0 spiro atoms. The number of benzene rings is 2. The van der Waals surface area contributed by atoms with Gasteiger partial charge in [0.25, 0.3) is 0 Å². The highest BCUT2D eigenvalue weighted by Crippen LogP contribution is 2.21. The van der Waals surface area contributed by atoms with E-state index in [2.05, 4.69) is 10.6 Å². The normalized spacial score (nSPS) is 12.4. The number of rotatable bonds is 8. The van der Waals surface area contributed by atoms with Gasteiger partial charge in [-0.05, 0) is 22.8 Å². The molecule has 28 heavy (non-hydrogen) atoms. The molecule has 1 atom stereocenters. The SMILES string of the molecule is CC(C)(C)C(=O)NCCC(=O)NCC(Cc1cccc2ccccc12)C(=O)O. The third kappa shape index (κ3) is 6.08. The van der Waals surface area contributed by atoms with Gasteiger partial charge in [0.2, 0.25) is 11.8 Å². The molecule has 2 rings (SSSR count). The van der Waals surface area contributed by atoms with E-state index in [1.807, 2.05) is 42.5 Å². The molecule has 6 nitrogen and oxygen atoms in total. The molecule has 0 saturated carbocycles. The average Bonchev–Trinajstić information content (AvgIpc) is 2.64. The van der Waals surface area contributed by atoms with Crippen LogP contribution in [0, 0.1) is 11.3 Å². The zero-order chi connectivity index (χ0) is 20.7. The number of hydrogen-bond acceptors (Lipinski definition) is 3. The zero-order valence-electron chi connectivity index (χ0n) is 16.6. The first-order valence-corrected chi connectivity index (χ1v) is 9.43. The van der Waals surface area contributed by atoms with Crippen LogP contribution in [-0.2, 0) is 20.8 Å². The van der Waals surface area contributed by atoms with Gasteiger partial charge in [0.1, 0.15) is 0 Å². The zero-order valence-corrected chi connectivity index (χ0v) is 16.6. The third-order valence-corrected chi connectivity index (χ3v) is 4.56. The first kappa shape index (κ1) is 21.4. The lowest BCUT2D eigenvalue weighted by molar-refractivity contribution is -0.141. The summed E-state index contributed by atoms with van der Waals surface area (Å²) in [5.74, 6) is -2.08. The van der Waals surface area contributed by atoms with Crippen molar-refractivity contribution in [1.29, 1.82) is 0 Å². The van der Waals surface area contributed by atoms with Crippen LogP contribution in [0.4, 0.5) is 0 Å². The second-order valence-corrected chi connectivity index (χ2v) is 7.94. The van der Waals surface area contributed by atoms with Crippen molar-refractivity contribution in [3.8, 4) is 0 Å². The summed E-state index contributed by atoms with van der Waals surface area (Å²) in [5, 5.41) is 17.0. The molecule has 150 valence electrons. The second kappa shape index (κ2) is 9.35. The minimum atomic E-state index is -0.950. The summed E-state index contributed by atoms with van der Waals surface area (Å²) < 4.78 is 0. The minimum absolute atomic E-state index is 0.0462. The molecule has 0 aliphatic heterocycles. The predicted octanol–water partition coefficient (Wildman–Crippen LogP) is 2.75. The number of hydrogen-bond donors (Lipinski definition) is 3. The molecule has 1 unspecified atom stereocenters. The summed E-state index contributed by atoms with van der Waals surface area (Å²) in [6.45, 7) is 5.67. The summed E-state index contributed by atoms with van der Waals surface area (Å²) in [4.78, 5) is 35.5. The van der Waals surface area contributed by atoms with E-state index in [0.717, 1.165) is 16.3 Å². The van der Waals surface area contributed by atoms with E-state index in [0.29, 0.717) is 6.42 Å². The van der Waals surface area contributed by atoms with E-state index in [-0.39, 0.29) is 31.3 Å². The molecule has 0 fully saturated rings. The standard InChI is InChI=1S/C22H28N2O4/c1-22(2,3)21(28)23-12-11-19(25)24-14-17(20(26)27)13-16-9-6-8-15-7-4-5-10-18(15)16/h4-10,17H,11-14H2,1-3H3,(H,23,28)(H,24,25)(H,26,27). The van der Waals surface area contributed by atoms with Crippen molar-refractivity contribution >= 4 is 28.6 Å². The van der Waals surface area contributed by atoms with Gasteiger partial charge in [-0.25, -0.2) is 0 Å². The van der Waals surface area contributed by atoms with E-state index in [1.54, 1.807) is 20.8 Å². The van der Waals surface area contributed by atoms with Crippen molar-refractivity contribution in [2.45, 2.75) is 33.6 Å². The van der Waals surface area contributed by atoms with E-state index in [1.165, 1.54) is 0 Å². The van der Waals surface area contributed by atoms with E-state index < -0.39 is 17.3 Å². The van der Waals surface area contributed by atoms with Gasteiger partial charge in [-0.3, -0.25) is 14.4 Å². The maximum absolute atomic E-state index is 12.0.